The zero-order chi connectivity index (χ0) is 20.7. The Labute approximate surface area is 169 Å². The molecule has 0 saturated heterocycles. The summed E-state index contributed by atoms with van der Waals surface area (Å²) in [5.41, 5.74) is 1.43. The standard InChI is InChI=1S/C22H24N4O3/c1-4-17-16(10-23)18-15(13-29-17)12-26(11-14-8-6-5-7-9-14)20-19(18)21(27)25(3)22(28)24(20)2/h5-9,15,18H,4,11-13H2,1-3H3/t15-,18-/m0/s1. The summed E-state index contributed by atoms with van der Waals surface area (Å²) >= 11 is 0. The molecular weight excluding hydrogens is 368 g/mol. The molecule has 1 aromatic heterocycles. The smallest absolute Gasteiger partial charge is 0.332 e. The Morgan fingerprint density at radius 2 is 1.90 bits per heavy atom. The van der Waals surface area contributed by atoms with E-state index in [2.05, 4.69) is 11.0 Å². The maximum Gasteiger partial charge on any atom is 0.332 e. The number of benzene rings is 1. The minimum Gasteiger partial charge on any atom is -0.496 e. The van der Waals surface area contributed by atoms with Gasteiger partial charge in [-0.3, -0.25) is 13.9 Å². The van der Waals surface area contributed by atoms with Gasteiger partial charge in [0.2, 0.25) is 0 Å². The molecule has 0 radical (unpaired) electrons. The third kappa shape index (κ3) is 2.96. The maximum absolute atomic E-state index is 13.2. The van der Waals surface area contributed by atoms with E-state index in [0.29, 0.717) is 48.8 Å². The molecule has 0 saturated carbocycles. The summed E-state index contributed by atoms with van der Waals surface area (Å²) in [4.78, 5) is 28.0. The normalized spacial score (nSPS) is 20.6. The van der Waals surface area contributed by atoms with Crippen molar-refractivity contribution in [2.45, 2.75) is 25.8 Å². The number of hydrogen-bond donors (Lipinski definition) is 0. The van der Waals surface area contributed by atoms with Crippen LogP contribution >= 0.6 is 0 Å². The van der Waals surface area contributed by atoms with Crippen molar-refractivity contribution in [3.8, 4) is 6.07 Å². The van der Waals surface area contributed by atoms with Crippen LogP contribution in [0, 0.1) is 17.2 Å². The van der Waals surface area contributed by atoms with E-state index in [4.69, 9.17) is 4.74 Å². The fourth-order valence-corrected chi connectivity index (χ4v) is 4.58. The van der Waals surface area contributed by atoms with Crippen LogP contribution in [0.4, 0.5) is 5.82 Å². The van der Waals surface area contributed by atoms with Gasteiger partial charge in [-0.1, -0.05) is 37.3 Å². The van der Waals surface area contributed by atoms with Gasteiger partial charge in [-0.25, -0.2) is 4.79 Å². The fourth-order valence-electron chi connectivity index (χ4n) is 4.58. The quantitative estimate of drug-likeness (QED) is 0.798. The van der Waals surface area contributed by atoms with Crippen LogP contribution in [0.25, 0.3) is 0 Å². The number of fused-ring (bicyclic) bond motifs is 3. The molecule has 2 aliphatic rings. The van der Waals surface area contributed by atoms with Gasteiger partial charge >= 0.3 is 5.69 Å². The van der Waals surface area contributed by atoms with Crippen LogP contribution in [0.1, 0.15) is 30.4 Å². The molecule has 7 nitrogen and oxygen atoms in total. The lowest BCUT2D eigenvalue weighted by molar-refractivity contribution is 0.123. The molecule has 0 spiro atoms. The van der Waals surface area contributed by atoms with Gasteiger partial charge < -0.3 is 9.64 Å². The van der Waals surface area contributed by atoms with Crippen LogP contribution in [-0.2, 0) is 25.4 Å². The number of nitriles is 1. The molecule has 0 fully saturated rings. The monoisotopic (exact) mass is 392 g/mol. The molecule has 2 aromatic rings. The summed E-state index contributed by atoms with van der Waals surface area (Å²) in [6.07, 6.45) is 0.598. The number of anilines is 1. The van der Waals surface area contributed by atoms with E-state index in [9.17, 15) is 14.9 Å². The Hall–Kier alpha value is -3.27. The van der Waals surface area contributed by atoms with Gasteiger partial charge in [-0.15, -0.1) is 0 Å². The van der Waals surface area contributed by atoms with Gasteiger partial charge in [-0.2, -0.15) is 5.26 Å². The number of rotatable bonds is 3. The second-order valence-electron chi connectivity index (χ2n) is 7.66. The van der Waals surface area contributed by atoms with E-state index in [-0.39, 0.29) is 23.1 Å². The van der Waals surface area contributed by atoms with Crippen LogP contribution in [0.15, 0.2) is 51.3 Å². The maximum atomic E-state index is 13.2. The lowest BCUT2D eigenvalue weighted by Crippen LogP contribution is -2.51. The number of allylic oxidation sites excluding steroid dienone is 2. The Morgan fingerprint density at radius 1 is 1.17 bits per heavy atom. The number of aromatic nitrogens is 2. The number of hydrogen-bond acceptors (Lipinski definition) is 5. The molecule has 7 heteroatoms. The first-order chi connectivity index (χ1) is 14.0. The lowest BCUT2D eigenvalue weighted by atomic mass is 9.76. The van der Waals surface area contributed by atoms with Crippen LogP contribution in [0.2, 0.25) is 0 Å². The van der Waals surface area contributed by atoms with Crippen LogP contribution in [-0.4, -0.2) is 22.3 Å². The summed E-state index contributed by atoms with van der Waals surface area (Å²) in [6.45, 7) is 3.58. The van der Waals surface area contributed by atoms with Crippen molar-refractivity contribution in [3.05, 3.63) is 73.6 Å². The summed E-state index contributed by atoms with van der Waals surface area (Å²) in [5.74, 6) is 0.873. The summed E-state index contributed by atoms with van der Waals surface area (Å²) < 4.78 is 8.56. The highest BCUT2D eigenvalue weighted by atomic mass is 16.5. The van der Waals surface area contributed by atoms with Gasteiger partial charge in [0, 0.05) is 45.4 Å². The first kappa shape index (κ1) is 19.1. The van der Waals surface area contributed by atoms with E-state index in [1.165, 1.54) is 11.6 Å². The number of nitrogens with zero attached hydrogens (tertiary/aromatic N) is 4. The third-order valence-corrected chi connectivity index (χ3v) is 5.95. The molecule has 1 aromatic carbocycles. The highest BCUT2D eigenvalue weighted by Crippen LogP contribution is 2.44. The third-order valence-electron chi connectivity index (χ3n) is 5.95. The first-order valence-electron chi connectivity index (χ1n) is 9.82. The van der Waals surface area contributed by atoms with Gasteiger partial charge in [0.15, 0.2) is 0 Å². The van der Waals surface area contributed by atoms with Crippen molar-refractivity contribution in [2.75, 3.05) is 18.1 Å². The summed E-state index contributed by atoms with van der Waals surface area (Å²) in [5, 5.41) is 9.86. The van der Waals surface area contributed by atoms with Crippen molar-refractivity contribution < 1.29 is 4.74 Å². The highest BCUT2D eigenvalue weighted by molar-refractivity contribution is 5.57. The van der Waals surface area contributed by atoms with E-state index < -0.39 is 0 Å². The molecule has 0 amide bonds. The van der Waals surface area contributed by atoms with Crippen molar-refractivity contribution >= 4 is 5.82 Å². The molecule has 0 bridgehead atoms. The van der Waals surface area contributed by atoms with Crippen LogP contribution in [0.5, 0.6) is 0 Å². The second-order valence-corrected chi connectivity index (χ2v) is 7.66. The average Bonchev–Trinajstić information content (AvgIpc) is 2.75. The van der Waals surface area contributed by atoms with Crippen LogP contribution in [0.3, 0.4) is 0 Å². The molecule has 29 heavy (non-hydrogen) atoms. The predicted octanol–water partition coefficient (Wildman–Crippen LogP) is 2.02. The first-order valence-corrected chi connectivity index (χ1v) is 9.82. The Balaban J connectivity index is 1.96. The number of ether oxygens (including phenoxy) is 1. The predicted molar refractivity (Wildman–Crippen MR) is 110 cm³/mol. The van der Waals surface area contributed by atoms with Crippen molar-refractivity contribution in [2.24, 2.45) is 20.0 Å². The van der Waals surface area contributed by atoms with E-state index in [0.717, 1.165) is 10.1 Å². The molecule has 4 rings (SSSR count). The van der Waals surface area contributed by atoms with E-state index in [1.54, 1.807) is 7.05 Å². The lowest BCUT2D eigenvalue weighted by Gasteiger charge is -2.43. The van der Waals surface area contributed by atoms with Gasteiger partial charge in [-0.05, 0) is 5.56 Å². The zero-order valence-electron chi connectivity index (χ0n) is 16.9. The molecule has 0 aliphatic carbocycles. The minimum absolute atomic E-state index is 0.0265. The summed E-state index contributed by atoms with van der Waals surface area (Å²) in [6, 6.07) is 12.2. The fraction of sp³-hybridized carbons (Fsp3) is 0.409. The molecular formula is C22H24N4O3. The minimum atomic E-state index is -0.365. The zero-order valence-corrected chi connectivity index (χ0v) is 16.9. The molecule has 0 N–H and O–H groups in total. The average molecular weight is 392 g/mol. The molecule has 0 unspecified atom stereocenters. The van der Waals surface area contributed by atoms with Crippen LogP contribution < -0.4 is 16.1 Å². The SMILES string of the molecule is CCC1=C(C#N)[C@H]2c3c(n(C)c(=O)n(C)c3=O)N(Cc3ccccc3)C[C@H]2CO1. The van der Waals surface area contributed by atoms with Crippen molar-refractivity contribution in [3.63, 3.8) is 0 Å². The van der Waals surface area contributed by atoms with Crippen molar-refractivity contribution in [1.82, 2.24) is 9.13 Å². The van der Waals surface area contributed by atoms with Gasteiger partial charge in [0.25, 0.3) is 5.56 Å². The molecule has 3 heterocycles. The second kappa shape index (κ2) is 7.28. The highest BCUT2D eigenvalue weighted by Gasteiger charge is 2.43. The van der Waals surface area contributed by atoms with E-state index in [1.807, 2.05) is 37.3 Å². The Kier molecular flexibility index (Phi) is 4.79. The molecule has 150 valence electrons. The topological polar surface area (TPSA) is 80.3 Å². The van der Waals surface area contributed by atoms with Gasteiger partial charge in [0.1, 0.15) is 11.6 Å². The molecule has 2 atom stereocenters. The Morgan fingerprint density at radius 3 is 2.55 bits per heavy atom. The van der Waals surface area contributed by atoms with Crippen molar-refractivity contribution in [1.29, 1.82) is 5.26 Å². The largest absolute Gasteiger partial charge is 0.496 e. The molecule has 2 aliphatic heterocycles. The van der Waals surface area contributed by atoms with Gasteiger partial charge in [0.05, 0.1) is 23.8 Å². The Bertz CT molecular complexity index is 1140. The van der Waals surface area contributed by atoms with E-state index >= 15 is 0 Å². The summed E-state index contributed by atoms with van der Waals surface area (Å²) in [7, 11) is 3.18.